The highest BCUT2D eigenvalue weighted by Crippen LogP contribution is 2.35. The van der Waals surface area contributed by atoms with Crippen molar-refractivity contribution in [2.45, 2.75) is 51.1 Å². The second-order valence-corrected chi connectivity index (χ2v) is 5.05. The normalized spacial score (nSPS) is 39.4. The highest BCUT2D eigenvalue weighted by atomic mass is 15.2. The smallest absolute Gasteiger partial charge is 0.0139 e. The minimum atomic E-state index is 0.841. The van der Waals surface area contributed by atoms with E-state index in [1.807, 2.05) is 0 Å². The van der Waals surface area contributed by atoms with Crippen LogP contribution in [0.1, 0.15) is 39.0 Å². The highest BCUT2D eigenvalue weighted by molar-refractivity contribution is 4.92. The Morgan fingerprint density at radius 1 is 1.21 bits per heavy atom. The van der Waals surface area contributed by atoms with E-state index in [0.29, 0.717) is 0 Å². The number of rotatable bonds is 3. The monoisotopic (exact) mass is 196 g/mol. The first-order chi connectivity index (χ1) is 6.83. The summed E-state index contributed by atoms with van der Waals surface area (Å²) in [5.41, 5.74) is 0. The molecular formula is C12H24N2. The van der Waals surface area contributed by atoms with Crippen LogP contribution in [0.3, 0.4) is 0 Å². The van der Waals surface area contributed by atoms with Crippen molar-refractivity contribution in [3.05, 3.63) is 0 Å². The average Bonchev–Trinajstić information content (AvgIpc) is 2.16. The Morgan fingerprint density at radius 2 is 2.07 bits per heavy atom. The van der Waals surface area contributed by atoms with Gasteiger partial charge in [-0.15, -0.1) is 0 Å². The molecule has 14 heavy (non-hydrogen) atoms. The average molecular weight is 196 g/mol. The molecule has 3 atom stereocenters. The maximum Gasteiger partial charge on any atom is 0.0139 e. The summed E-state index contributed by atoms with van der Waals surface area (Å²) in [7, 11) is 2.08. The molecule has 1 saturated carbocycles. The number of hydrogen-bond acceptors (Lipinski definition) is 2. The van der Waals surface area contributed by atoms with Gasteiger partial charge in [-0.2, -0.15) is 0 Å². The van der Waals surface area contributed by atoms with Gasteiger partial charge >= 0.3 is 0 Å². The molecule has 82 valence electrons. The molecule has 0 bridgehead atoms. The summed E-state index contributed by atoms with van der Waals surface area (Å²) >= 11 is 0. The van der Waals surface area contributed by atoms with Crippen LogP contribution >= 0.6 is 0 Å². The van der Waals surface area contributed by atoms with Crippen molar-refractivity contribution >= 4 is 0 Å². The molecule has 1 aliphatic carbocycles. The highest BCUT2D eigenvalue weighted by Gasteiger charge is 2.37. The molecule has 2 fully saturated rings. The van der Waals surface area contributed by atoms with Crippen molar-refractivity contribution in [1.82, 2.24) is 10.2 Å². The van der Waals surface area contributed by atoms with E-state index in [-0.39, 0.29) is 0 Å². The van der Waals surface area contributed by atoms with Crippen LogP contribution in [0.4, 0.5) is 0 Å². The van der Waals surface area contributed by atoms with Gasteiger partial charge in [0.05, 0.1) is 0 Å². The Labute approximate surface area is 88.1 Å². The van der Waals surface area contributed by atoms with E-state index >= 15 is 0 Å². The molecule has 2 aliphatic rings. The Hall–Kier alpha value is -0.0800. The molecule has 2 rings (SSSR count). The van der Waals surface area contributed by atoms with Crippen LogP contribution < -0.4 is 5.32 Å². The van der Waals surface area contributed by atoms with E-state index in [9.17, 15) is 0 Å². The van der Waals surface area contributed by atoms with Crippen molar-refractivity contribution < 1.29 is 0 Å². The third kappa shape index (κ3) is 1.96. The fourth-order valence-electron chi connectivity index (χ4n) is 3.10. The molecule has 0 aromatic rings. The summed E-state index contributed by atoms with van der Waals surface area (Å²) < 4.78 is 0. The minimum absolute atomic E-state index is 0.841. The molecule has 0 spiro atoms. The van der Waals surface area contributed by atoms with E-state index in [1.165, 1.54) is 45.2 Å². The first-order valence-electron chi connectivity index (χ1n) is 6.23. The predicted molar refractivity (Wildman–Crippen MR) is 60.5 cm³/mol. The van der Waals surface area contributed by atoms with Crippen molar-refractivity contribution in [3.63, 3.8) is 0 Å². The van der Waals surface area contributed by atoms with Crippen LogP contribution in [0, 0.1) is 5.92 Å². The molecule has 1 heterocycles. The first kappa shape index (κ1) is 10.4. The molecule has 0 aromatic heterocycles. The fraction of sp³-hybridized carbons (Fsp3) is 1.00. The van der Waals surface area contributed by atoms with Crippen molar-refractivity contribution in [1.29, 1.82) is 0 Å². The van der Waals surface area contributed by atoms with Crippen molar-refractivity contribution in [3.8, 4) is 0 Å². The zero-order valence-corrected chi connectivity index (χ0v) is 9.63. The van der Waals surface area contributed by atoms with Crippen LogP contribution in [-0.2, 0) is 0 Å². The number of piperidine rings is 1. The number of nitrogens with zero attached hydrogens (tertiary/aromatic N) is 1. The van der Waals surface area contributed by atoms with Gasteiger partial charge in [0, 0.05) is 12.1 Å². The van der Waals surface area contributed by atoms with Crippen LogP contribution in [0.5, 0.6) is 0 Å². The van der Waals surface area contributed by atoms with E-state index in [1.54, 1.807) is 0 Å². The Bertz CT molecular complexity index is 181. The third-order valence-electron chi connectivity index (χ3n) is 4.12. The standard InChI is InChI=1S/C12H24N2/c1-10-5-3-4-8-14(10)12-7-6-11(12)9-13-2/h10-13H,3-9H2,1-2H3. The lowest BCUT2D eigenvalue weighted by molar-refractivity contribution is 0.0145. The van der Waals surface area contributed by atoms with Gasteiger partial charge in [-0.3, -0.25) is 4.90 Å². The summed E-state index contributed by atoms with van der Waals surface area (Å²) in [6, 6.07) is 1.74. The van der Waals surface area contributed by atoms with Crippen LogP contribution in [0.2, 0.25) is 0 Å². The van der Waals surface area contributed by atoms with Crippen LogP contribution in [0.25, 0.3) is 0 Å². The molecule has 1 aliphatic heterocycles. The Kier molecular flexibility index (Phi) is 3.45. The molecule has 3 unspecified atom stereocenters. The Balaban J connectivity index is 1.87. The van der Waals surface area contributed by atoms with Gasteiger partial charge in [0.25, 0.3) is 0 Å². The molecule has 0 radical (unpaired) electrons. The van der Waals surface area contributed by atoms with E-state index in [0.717, 1.165) is 18.0 Å². The molecule has 0 aromatic carbocycles. The zero-order chi connectivity index (χ0) is 9.97. The van der Waals surface area contributed by atoms with Crippen molar-refractivity contribution in [2.75, 3.05) is 20.1 Å². The van der Waals surface area contributed by atoms with Gasteiger partial charge in [0.1, 0.15) is 0 Å². The lowest BCUT2D eigenvalue weighted by Crippen LogP contribution is -2.54. The van der Waals surface area contributed by atoms with Gasteiger partial charge in [-0.1, -0.05) is 6.42 Å². The molecule has 1 saturated heterocycles. The fourth-order valence-corrected chi connectivity index (χ4v) is 3.10. The van der Waals surface area contributed by atoms with E-state index < -0.39 is 0 Å². The zero-order valence-electron chi connectivity index (χ0n) is 9.63. The quantitative estimate of drug-likeness (QED) is 0.741. The second-order valence-electron chi connectivity index (χ2n) is 5.05. The van der Waals surface area contributed by atoms with E-state index in [2.05, 4.69) is 24.2 Å². The summed E-state index contributed by atoms with van der Waals surface area (Å²) in [4.78, 5) is 2.77. The number of likely N-dealkylation sites (tertiary alicyclic amines) is 1. The number of nitrogens with one attached hydrogen (secondary N) is 1. The molecule has 0 amide bonds. The SMILES string of the molecule is CNCC1CCC1N1CCCCC1C. The van der Waals surface area contributed by atoms with Gasteiger partial charge in [0.2, 0.25) is 0 Å². The van der Waals surface area contributed by atoms with Gasteiger partial charge in [-0.25, -0.2) is 0 Å². The van der Waals surface area contributed by atoms with Crippen LogP contribution in [-0.4, -0.2) is 37.1 Å². The summed E-state index contributed by atoms with van der Waals surface area (Å²) in [5, 5.41) is 3.33. The lowest BCUT2D eigenvalue weighted by atomic mass is 9.77. The first-order valence-corrected chi connectivity index (χ1v) is 6.23. The summed E-state index contributed by atoms with van der Waals surface area (Å²) in [5.74, 6) is 0.931. The minimum Gasteiger partial charge on any atom is -0.319 e. The Morgan fingerprint density at radius 3 is 2.64 bits per heavy atom. The second kappa shape index (κ2) is 4.63. The largest absolute Gasteiger partial charge is 0.319 e. The number of hydrogen-bond donors (Lipinski definition) is 1. The van der Waals surface area contributed by atoms with E-state index in [4.69, 9.17) is 0 Å². The van der Waals surface area contributed by atoms with Crippen molar-refractivity contribution in [2.24, 2.45) is 5.92 Å². The third-order valence-corrected chi connectivity index (χ3v) is 4.12. The lowest BCUT2D eigenvalue weighted by Gasteiger charge is -2.49. The molecule has 2 heteroatoms. The van der Waals surface area contributed by atoms with Gasteiger partial charge < -0.3 is 5.32 Å². The molecule has 1 N–H and O–H groups in total. The maximum atomic E-state index is 3.33. The van der Waals surface area contributed by atoms with Gasteiger partial charge in [0.15, 0.2) is 0 Å². The van der Waals surface area contributed by atoms with Gasteiger partial charge in [-0.05, 0) is 58.7 Å². The summed E-state index contributed by atoms with van der Waals surface area (Å²) in [6.07, 6.45) is 7.17. The predicted octanol–water partition coefficient (Wildman–Crippen LogP) is 1.86. The summed E-state index contributed by atoms with van der Waals surface area (Å²) in [6.45, 7) is 4.98. The maximum absolute atomic E-state index is 3.33. The topological polar surface area (TPSA) is 15.3 Å². The molecule has 2 nitrogen and oxygen atoms in total. The molecular weight excluding hydrogens is 172 g/mol. The van der Waals surface area contributed by atoms with Crippen LogP contribution in [0.15, 0.2) is 0 Å².